The summed E-state index contributed by atoms with van der Waals surface area (Å²) in [6, 6.07) is 15.4. The van der Waals surface area contributed by atoms with Gasteiger partial charge in [-0.3, -0.25) is 9.59 Å². The molecule has 2 amide bonds. The van der Waals surface area contributed by atoms with Crippen LogP contribution in [0.15, 0.2) is 48.5 Å². The van der Waals surface area contributed by atoms with Crippen LogP contribution in [-0.2, 0) is 4.79 Å². The maximum atomic E-state index is 12.4. The molecule has 0 radical (unpaired) electrons. The van der Waals surface area contributed by atoms with Crippen LogP contribution in [0, 0.1) is 6.92 Å². The predicted molar refractivity (Wildman–Crippen MR) is 100 cm³/mol. The summed E-state index contributed by atoms with van der Waals surface area (Å²) >= 11 is 0. The summed E-state index contributed by atoms with van der Waals surface area (Å²) in [5.41, 5.74) is 3.55. The zero-order valence-corrected chi connectivity index (χ0v) is 14.7. The highest BCUT2D eigenvalue weighted by Crippen LogP contribution is 2.21. The van der Waals surface area contributed by atoms with Gasteiger partial charge in [-0.25, -0.2) is 0 Å². The Kier molecular flexibility index (Phi) is 5.03. The van der Waals surface area contributed by atoms with Crippen molar-refractivity contribution in [1.29, 1.82) is 0 Å². The van der Waals surface area contributed by atoms with Gasteiger partial charge in [-0.2, -0.15) is 0 Å². The van der Waals surface area contributed by atoms with Crippen LogP contribution in [0.4, 0.5) is 11.4 Å². The lowest BCUT2D eigenvalue weighted by atomic mass is 10.1. The van der Waals surface area contributed by atoms with Gasteiger partial charge in [0.25, 0.3) is 5.91 Å². The lowest BCUT2D eigenvalue weighted by Crippen LogP contribution is -2.48. The maximum Gasteiger partial charge on any atom is 0.255 e. The molecule has 1 heterocycles. The molecule has 25 heavy (non-hydrogen) atoms. The van der Waals surface area contributed by atoms with Crippen molar-refractivity contribution in [2.75, 3.05) is 36.4 Å². The van der Waals surface area contributed by atoms with Crippen LogP contribution in [0.1, 0.15) is 22.8 Å². The molecule has 3 rings (SSSR count). The van der Waals surface area contributed by atoms with Crippen LogP contribution in [0.5, 0.6) is 0 Å². The highest BCUT2D eigenvalue weighted by atomic mass is 16.2. The average molecular weight is 337 g/mol. The highest BCUT2D eigenvalue weighted by Gasteiger charge is 2.19. The van der Waals surface area contributed by atoms with Crippen molar-refractivity contribution in [3.05, 3.63) is 59.7 Å². The molecule has 0 bridgehead atoms. The molecule has 1 aliphatic heterocycles. The van der Waals surface area contributed by atoms with Crippen LogP contribution in [0.3, 0.4) is 0 Å². The molecule has 1 aliphatic rings. The van der Waals surface area contributed by atoms with E-state index >= 15 is 0 Å². The van der Waals surface area contributed by atoms with Crippen LogP contribution in [-0.4, -0.2) is 42.9 Å². The molecule has 0 aliphatic carbocycles. The van der Waals surface area contributed by atoms with E-state index < -0.39 is 0 Å². The van der Waals surface area contributed by atoms with Gasteiger partial charge in [0.05, 0.1) is 0 Å². The predicted octanol–water partition coefficient (Wildman–Crippen LogP) is 2.92. The van der Waals surface area contributed by atoms with E-state index in [0.717, 1.165) is 43.1 Å². The van der Waals surface area contributed by atoms with Gasteiger partial charge in [-0.05, 0) is 37.3 Å². The summed E-state index contributed by atoms with van der Waals surface area (Å²) in [5.74, 6) is 0.0149. The van der Waals surface area contributed by atoms with Crippen molar-refractivity contribution < 1.29 is 9.59 Å². The molecule has 5 heteroatoms. The Labute approximate surface area is 148 Å². The average Bonchev–Trinajstić information content (AvgIpc) is 2.62. The van der Waals surface area contributed by atoms with Crippen molar-refractivity contribution in [1.82, 2.24) is 4.90 Å². The monoisotopic (exact) mass is 337 g/mol. The third-order valence-electron chi connectivity index (χ3n) is 4.47. The third kappa shape index (κ3) is 4.18. The number of hydrogen-bond acceptors (Lipinski definition) is 3. The zero-order valence-electron chi connectivity index (χ0n) is 14.7. The SMILES string of the molecule is CC(=O)N1CCN(c2cccc(NC(=O)c3cccc(C)c3)c2)CC1. The fraction of sp³-hybridized carbons (Fsp3) is 0.300. The minimum atomic E-state index is -0.109. The van der Waals surface area contributed by atoms with Gasteiger partial charge >= 0.3 is 0 Å². The van der Waals surface area contributed by atoms with Gasteiger partial charge in [0, 0.05) is 50.0 Å². The normalized spacial score (nSPS) is 14.3. The molecular formula is C20H23N3O2. The number of amides is 2. The Morgan fingerprint density at radius 2 is 1.68 bits per heavy atom. The Balaban J connectivity index is 1.68. The number of benzene rings is 2. The molecule has 1 N–H and O–H groups in total. The van der Waals surface area contributed by atoms with Crippen LogP contribution in [0.2, 0.25) is 0 Å². The quantitative estimate of drug-likeness (QED) is 0.937. The Bertz CT molecular complexity index is 780. The zero-order chi connectivity index (χ0) is 17.8. The first-order valence-electron chi connectivity index (χ1n) is 8.51. The lowest BCUT2D eigenvalue weighted by molar-refractivity contribution is -0.129. The first-order valence-corrected chi connectivity index (χ1v) is 8.51. The molecule has 0 spiro atoms. The molecule has 1 fully saturated rings. The molecule has 1 saturated heterocycles. The topological polar surface area (TPSA) is 52.7 Å². The second-order valence-corrected chi connectivity index (χ2v) is 6.37. The standard InChI is InChI=1S/C20H23N3O2/c1-15-5-3-6-17(13-15)20(25)21-18-7-4-8-19(14-18)23-11-9-22(10-12-23)16(2)24/h3-8,13-14H,9-12H2,1-2H3,(H,21,25). The first-order chi connectivity index (χ1) is 12.0. The number of rotatable bonds is 3. The Hall–Kier alpha value is -2.82. The van der Waals surface area contributed by atoms with E-state index in [2.05, 4.69) is 10.2 Å². The first kappa shape index (κ1) is 17.0. The van der Waals surface area contributed by atoms with Gasteiger partial charge in [0.15, 0.2) is 0 Å². The second kappa shape index (κ2) is 7.38. The Morgan fingerprint density at radius 1 is 0.960 bits per heavy atom. The van der Waals surface area contributed by atoms with E-state index in [1.807, 2.05) is 60.4 Å². The van der Waals surface area contributed by atoms with Crippen molar-refractivity contribution in [2.45, 2.75) is 13.8 Å². The van der Waals surface area contributed by atoms with Gasteiger partial charge in [-0.1, -0.05) is 23.8 Å². The van der Waals surface area contributed by atoms with E-state index in [0.29, 0.717) is 5.56 Å². The number of carbonyl (C=O) groups excluding carboxylic acids is 2. The van der Waals surface area contributed by atoms with E-state index in [4.69, 9.17) is 0 Å². The number of piperazine rings is 1. The molecule has 0 saturated carbocycles. The minimum absolute atomic E-state index is 0.109. The van der Waals surface area contributed by atoms with Crippen molar-refractivity contribution >= 4 is 23.2 Å². The summed E-state index contributed by atoms with van der Waals surface area (Å²) in [6.45, 7) is 6.64. The third-order valence-corrected chi connectivity index (χ3v) is 4.47. The van der Waals surface area contributed by atoms with E-state index in [1.54, 1.807) is 6.92 Å². The van der Waals surface area contributed by atoms with Crippen molar-refractivity contribution in [2.24, 2.45) is 0 Å². The minimum Gasteiger partial charge on any atom is -0.368 e. The molecule has 5 nitrogen and oxygen atoms in total. The molecule has 0 aromatic heterocycles. The van der Waals surface area contributed by atoms with Crippen molar-refractivity contribution in [3.8, 4) is 0 Å². The highest BCUT2D eigenvalue weighted by molar-refractivity contribution is 6.04. The van der Waals surface area contributed by atoms with E-state index in [1.165, 1.54) is 0 Å². The summed E-state index contributed by atoms with van der Waals surface area (Å²) in [6.07, 6.45) is 0. The number of carbonyl (C=O) groups is 2. The largest absolute Gasteiger partial charge is 0.368 e. The summed E-state index contributed by atoms with van der Waals surface area (Å²) < 4.78 is 0. The maximum absolute atomic E-state index is 12.4. The molecule has 0 unspecified atom stereocenters. The fourth-order valence-corrected chi connectivity index (χ4v) is 3.05. The fourth-order valence-electron chi connectivity index (χ4n) is 3.05. The number of aryl methyl sites for hydroxylation is 1. The van der Waals surface area contributed by atoms with Gasteiger partial charge in [0.2, 0.25) is 5.91 Å². The number of nitrogens with zero attached hydrogens (tertiary/aromatic N) is 2. The summed E-state index contributed by atoms with van der Waals surface area (Å²) in [4.78, 5) is 27.9. The molecule has 2 aromatic rings. The molecule has 0 atom stereocenters. The number of hydrogen-bond donors (Lipinski definition) is 1. The summed E-state index contributed by atoms with van der Waals surface area (Å²) in [7, 11) is 0. The molecule has 2 aromatic carbocycles. The molecule has 130 valence electrons. The Morgan fingerprint density at radius 3 is 2.36 bits per heavy atom. The van der Waals surface area contributed by atoms with E-state index in [-0.39, 0.29) is 11.8 Å². The number of nitrogens with one attached hydrogen (secondary N) is 1. The van der Waals surface area contributed by atoms with Gasteiger partial charge < -0.3 is 15.1 Å². The van der Waals surface area contributed by atoms with Crippen LogP contribution < -0.4 is 10.2 Å². The van der Waals surface area contributed by atoms with Crippen molar-refractivity contribution in [3.63, 3.8) is 0 Å². The van der Waals surface area contributed by atoms with Crippen LogP contribution >= 0.6 is 0 Å². The van der Waals surface area contributed by atoms with Gasteiger partial charge in [-0.15, -0.1) is 0 Å². The molecular weight excluding hydrogens is 314 g/mol. The smallest absolute Gasteiger partial charge is 0.255 e. The lowest BCUT2D eigenvalue weighted by Gasteiger charge is -2.35. The number of anilines is 2. The summed E-state index contributed by atoms with van der Waals surface area (Å²) in [5, 5.41) is 2.96. The second-order valence-electron chi connectivity index (χ2n) is 6.37. The van der Waals surface area contributed by atoms with Gasteiger partial charge in [0.1, 0.15) is 0 Å². The van der Waals surface area contributed by atoms with Crippen LogP contribution in [0.25, 0.3) is 0 Å². The van der Waals surface area contributed by atoms with E-state index in [9.17, 15) is 9.59 Å².